The minimum atomic E-state index is -1.27. The number of benzene rings is 2. The molecule has 1 aliphatic carbocycles. The average molecular weight is 286 g/mol. The summed E-state index contributed by atoms with van der Waals surface area (Å²) in [6.45, 7) is 1.66. The van der Waals surface area contributed by atoms with Crippen molar-refractivity contribution in [2.45, 2.75) is 6.92 Å². The van der Waals surface area contributed by atoms with Crippen LogP contribution in [0.25, 0.3) is 10.8 Å². The lowest BCUT2D eigenvalue weighted by Crippen LogP contribution is -2.29. The van der Waals surface area contributed by atoms with Gasteiger partial charge in [0.1, 0.15) is 17.2 Å². The Morgan fingerprint density at radius 3 is 1.90 bits per heavy atom. The third kappa shape index (κ3) is 1.50. The number of hydrogen-bond donors (Lipinski definition) is 2. The van der Waals surface area contributed by atoms with Gasteiger partial charge in [-0.1, -0.05) is 0 Å². The van der Waals surface area contributed by atoms with Gasteiger partial charge in [-0.25, -0.2) is 0 Å². The van der Waals surface area contributed by atoms with Crippen LogP contribution in [0.15, 0.2) is 12.1 Å². The van der Waals surface area contributed by atoms with Crippen molar-refractivity contribution < 1.29 is 29.3 Å². The number of rotatable bonds is 1. The summed E-state index contributed by atoms with van der Waals surface area (Å²) in [6.07, 6.45) is 0. The molecule has 6 nitrogen and oxygen atoms in total. The van der Waals surface area contributed by atoms with Crippen molar-refractivity contribution in [2.24, 2.45) is 0 Å². The van der Waals surface area contributed by atoms with E-state index in [1.54, 1.807) is 6.92 Å². The third-order valence-corrected chi connectivity index (χ3v) is 3.61. The Kier molecular flexibility index (Phi) is 2.53. The Morgan fingerprint density at radius 2 is 1.38 bits per heavy atom. The van der Waals surface area contributed by atoms with Crippen molar-refractivity contribution >= 4 is 28.1 Å². The minimum Gasteiger partial charge on any atom is -0.507 e. The second-order valence-corrected chi connectivity index (χ2v) is 4.80. The Labute approximate surface area is 118 Å². The number of methoxy groups -OCH3 is 1. The fourth-order valence-corrected chi connectivity index (χ4v) is 2.71. The van der Waals surface area contributed by atoms with E-state index in [0.717, 1.165) is 0 Å². The fourth-order valence-electron chi connectivity index (χ4n) is 2.71. The van der Waals surface area contributed by atoms with Gasteiger partial charge < -0.3 is 14.9 Å². The Morgan fingerprint density at radius 1 is 0.857 bits per heavy atom. The molecule has 0 saturated heterocycles. The molecule has 21 heavy (non-hydrogen) atoms. The van der Waals surface area contributed by atoms with Crippen LogP contribution in [0.5, 0.6) is 17.2 Å². The molecule has 2 N–H and O–H groups in total. The maximum absolute atomic E-state index is 12.0. The van der Waals surface area contributed by atoms with Crippen molar-refractivity contribution in [3.05, 3.63) is 28.8 Å². The second-order valence-electron chi connectivity index (χ2n) is 4.80. The summed E-state index contributed by atoms with van der Waals surface area (Å²) in [5.41, 5.74) is 0.00750. The van der Waals surface area contributed by atoms with E-state index < -0.39 is 28.8 Å². The second kappa shape index (κ2) is 4.05. The highest BCUT2D eigenvalue weighted by Crippen LogP contribution is 2.44. The van der Waals surface area contributed by atoms with E-state index in [1.165, 1.54) is 19.2 Å². The van der Waals surface area contributed by atoms with Gasteiger partial charge in [-0.05, 0) is 18.6 Å². The lowest BCUT2D eigenvalue weighted by molar-refractivity contribution is -0.111. The SMILES string of the molecule is COc1cc(O)c2c3c(c(O)cc(C)c13)C(=O)C(=O)C2=O. The van der Waals surface area contributed by atoms with Gasteiger partial charge >= 0.3 is 0 Å². The van der Waals surface area contributed by atoms with Crippen LogP contribution in [-0.2, 0) is 4.79 Å². The van der Waals surface area contributed by atoms with E-state index in [9.17, 15) is 24.6 Å². The summed E-state index contributed by atoms with van der Waals surface area (Å²) >= 11 is 0. The van der Waals surface area contributed by atoms with Crippen LogP contribution in [0.2, 0.25) is 0 Å². The Balaban J connectivity index is 2.68. The van der Waals surface area contributed by atoms with E-state index in [4.69, 9.17) is 4.74 Å². The molecule has 0 aromatic heterocycles. The summed E-state index contributed by atoms with van der Waals surface area (Å²) in [5.74, 6) is -4.05. The van der Waals surface area contributed by atoms with Crippen molar-refractivity contribution in [1.29, 1.82) is 0 Å². The molecule has 6 heteroatoms. The average Bonchev–Trinajstić information content (AvgIpc) is 2.43. The van der Waals surface area contributed by atoms with E-state index >= 15 is 0 Å². The first-order valence-corrected chi connectivity index (χ1v) is 6.08. The van der Waals surface area contributed by atoms with Gasteiger partial charge in [-0.3, -0.25) is 14.4 Å². The number of hydrogen-bond acceptors (Lipinski definition) is 6. The van der Waals surface area contributed by atoms with Gasteiger partial charge in [0.15, 0.2) is 0 Å². The van der Waals surface area contributed by atoms with Gasteiger partial charge in [0, 0.05) is 16.8 Å². The molecule has 2 aromatic rings. The number of Topliss-reactive ketones (excluding diaryl/α,β-unsaturated/α-hetero) is 3. The molecule has 2 aromatic carbocycles. The molecule has 0 unspecified atom stereocenters. The number of phenols is 2. The molecule has 0 amide bonds. The van der Waals surface area contributed by atoms with Gasteiger partial charge in [0.25, 0.3) is 5.78 Å². The van der Waals surface area contributed by atoms with Crippen LogP contribution in [0.1, 0.15) is 26.3 Å². The fraction of sp³-hybridized carbons (Fsp3) is 0.133. The lowest BCUT2D eigenvalue weighted by Gasteiger charge is -2.20. The molecular formula is C15H10O6. The van der Waals surface area contributed by atoms with Gasteiger partial charge in [-0.2, -0.15) is 0 Å². The topological polar surface area (TPSA) is 101 Å². The van der Waals surface area contributed by atoms with Crippen molar-refractivity contribution in [1.82, 2.24) is 0 Å². The smallest absolute Gasteiger partial charge is 0.274 e. The maximum Gasteiger partial charge on any atom is 0.274 e. The summed E-state index contributed by atoms with van der Waals surface area (Å²) in [6, 6.07) is 2.54. The van der Waals surface area contributed by atoms with Gasteiger partial charge in [0.05, 0.1) is 18.2 Å². The number of phenolic OH excluding ortho intramolecular Hbond substituents is 2. The van der Waals surface area contributed by atoms with Crippen molar-refractivity contribution in [2.75, 3.05) is 7.11 Å². The predicted octanol–water partition coefficient (Wildman–Crippen LogP) is 1.52. The largest absolute Gasteiger partial charge is 0.507 e. The molecule has 0 saturated carbocycles. The Hall–Kier alpha value is -2.89. The van der Waals surface area contributed by atoms with E-state index in [0.29, 0.717) is 10.9 Å². The maximum atomic E-state index is 12.0. The minimum absolute atomic E-state index is 0.0546. The first kappa shape index (κ1) is 13.1. The molecule has 106 valence electrons. The number of aryl methyl sites for hydroxylation is 1. The number of carbonyl (C=O) groups excluding carboxylic acids is 3. The van der Waals surface area contributed by atoms with Gasteiger partial charge in [0.2, 0.25) is 11.6 Å². The van der Waals surface area contributed by atoms with E-state index in [2.05, 4.69) is 0 Å². The molecule has 0 atom stereocenters. The quantitative estimate of drug-likeness (QED) is 0.771. The molecule has 0 fully saturated rings. The standard InChI is InChI=1S/C15H10O6/c1-5-3-6(16)10-12-9(5)8(21-2)4-7(17)11(12)14(19)15(20)13(10)18/h3-4,16-17H,1-2H3. The van der Waals surface area contributed by atoms with Crippen LogP contribution < -0.4 is 4.74 Å². The summed E-state index contributed by atoms with van der Waals surface area (Å²) < 4.78 is 5.16. The highest BCUT2D eigenvalue weighted by atomic mass is 16.5. The monoisotopic (exact) mass is 286 g/mol. The van der Waals surface area contributed by atoms with E-state index in [1.807, 2.05) is 0 Å². The molecular weight excluding hydrogens is 276 g/mol. The first-order chi connectivity index (χ1) is 9.88. The molecule has 0 heterocycles. The number of aromatic hydroxyl groups is 2. The zero-order valence-electron chi connectivity index (χ0n) is 11.2. The predicted molar refractivity (Wildman–Crippen MR) is 72.2 cm³/mol. The van der Waals surface area contributed by atoms with Crippen molar-refractivity contribution in [3.63, 3.8) is 0 Å². The van der Waals surface area contributed by atoms with Crippen LogP contribution in [0.4, 0.5) is 0 Å². The summed E-state index contributed by atoms with van der Waals surface area (Å²) in [4.78, 5) is 35.7. The van der Waals surface area contributed by atoms with Crippen molar-refractivity contribution in [3.8, 4) is 17.2 Å². The highest BCUT2D eigenvalue weighted by Gasteiger charge is 2.39. The number of ether oxygens (including phenoxy) is 1. The third-order valence-electron chi connectivity index (χ3n) is 3.61. The van der Waals surface area contributed by atoms with Crippen LogP contribution in [0.3, 0.4) is 0 Å². The van der Waals surface area contributed by atoms with Gasteiger partial charge in [-0.15, -0.1) is 0 Å². The van der Waals surface area contributed by atoms with E-state index in [-0.39, 0.29) is 22.3 Å². The summed E-state index contributed by atoms with van der Waals surface area (Å²) in [7, 11) is 1.38. The molecule has 0 spiro atoms. The lowest BCUT2D eigenvalue weighted by atomic mass is 9.83. The van der Waals surface area contributed by atoms with Crippen LogP contribution in [-0.4, -0.2) is 34.7 Å². The Bertz CT molecular complexity index is 838. The number of carbonyl (C=O) groups is 3. The van der Waals surface area contributed by atoms with Crippen LogP contribution in [0, 0.1) is 6.92 Å². The zero-order valence-corrected chi connectivity index (χ0v) is 11.2. The number of ketones is 3. The van der Waals surface area contributed by atoms with Crippen LogP contribution >= 0.6 is 0 Å². The molecule has 3 rings (SSSR count). The first-order valence-electron chi connectivity index (χ1n) is 6.08. The highest BCUT2D eigenvalue weighted by molar-refractivity contribution is 6.74. The molecule has 0 radical (unpaired) electrons. The zero-order chi connectivity index (χ0) is 15.5. The summed E-state index contributed by atoms with van der Waals surface area (Å²) in [5, 5.41) is 20.4. The normalized spacial score (nSPS) is 13.9. The molecule has 0 aliphatic heterocycles. The molecule has 1 aliphatic rings. The molecule has 0 bridgehead atoms.